The Morgan fingerprint density at radius 1 is 1.40 bits per heavy atom. The van der Waals surface area contributed by atoms with Gasteiger partial charge in [-0.1, -0.05) is 13.8 Å². The number of methoxy groups -OCH3 is 1. The standard InChI is InChI=1S/C11H24N2O2/c1-5-10(6-2)13(8-7-12)11(14)9(3)15-4/h9-10H,5-8,12H2,1-4H3. The van der Waals surface area contributed by atoms with Gasteiger partial charge in [0, 0.05) is 26.2 Å². The molecule has 0 aromatic carbocycles. The van der Waals surface area contributed by atoms with Crippen LogP contribution in [0.1, 0.15) is 33.6 Å². The molecule has 4 nitrogen and oxygen atoms in total. The second-order valence-corrected chi connectivity index (χ2v) is 3.67. The molecule has 0 saturated heterocycles. The zero-order valence-corrected chi connectivity index (χ0v) is 10.3. The highest BCUT2D eigenvalue weighted by atomic mass is 16.5. The van der Waals surface area contributed by atoms with Crippen LogP contribution in [0.25, 0.3) is 0 Å². The minimum atomic E-state index is -0.378. The van der Waals surface area contributed by atoms with Gasteiger partial charge in [0.05, 0.1) is 0 Å². The second kappa shape index (κ2) is 7.65. The zero-order valence-electron chi connectivity index (χ0n) is 10.3. The predicted octanol–water partition coefficient (Wildman–Crippen LogP) is 0.997. The van der Waals surface area contributed by atoms with E-state index in [2.05, 4.69) is 13.8 Å². The van der Waals surface area contributed by atoms with Crippen LogP contribution in [0.5, 0.6) is 0 Å². The quantitative estimate of drug-likeness (QED) is 0.690. The highest BCUT2D eigenvalue weighted by Gasteiger charge is 2.24. The van der Waals surface area contributed by atoms with E-state index in [0.717, 1.165) is 12.8 Å². The number of hydrogen-bond donors (Lipinski definition) is 1. The molecule has 0 aromatic rings. The molecule has 4 heteroatoms. The Bertz CT molecular complexity index is 181. The number of ether oxygens (including phenoxy) is 1. The third-order valence-electron chi connectivity index (χ3n) is 2.74. The summed E-state index contributed by atoms with van der Waals surface area (Å²) in [6, 6.07) is 0.277. The Kier molecular flexibility index (Phi) is 7.34. The number of carbonyl (C=O) groups is 1. The number of nitrogens with two attached hydrogens (primary N) is 1. The molecule has 0 aliphatic carbocycles. The molecule has 1 atom stereocenters. The monoisotopic (exact) mass is 216 g/mol. The van der Waals surface area contributed by atoms with E-state index in [-0.39, 0.29) is 18.1 Å². The van der Waals surface area contributed by atoms with E-state index in [1.807, 2.05) is 4.90 Å². The van der Waals surface area contributed by atoms with E-state index >= 15 is 0 Å². The van der Waals surface area contributed by atoms with Crippen LogP contribution in [0.15, 0.2) is 0 Å². The van der Waals surface area contributed by atoms with Gasteiger partial charge in [0.1, 0.15) is 6.10 Å². The van der Waals surface area contributed by atoms with Gasteiger partial charge >= 0.3 is 0 Å². The highest BCUT2D eigenvalue weighted by molar-refractivity contribution is 5.80. The van der Waals surface area contributed by atoms with Crippen LogP contribution in [0.2, 0.25) is 0 Å². The summed E-state index contributed by atoms with van der Waals surface area (Å²) >= 11 is 0. The molecule has 0 heterocycles. The summed E-state index contributed by atoms with van der Waals surface area (Å²) in [4.78, 5) is 13.8. The van der Waals surface area contributed by atoms with Crippen LogP contribution in [0.4, 0.5) is 0 Å². The first-order valence-electron chi connectivity index (χ1n) is 5.65. The lowest BCUT2D eigenvalue weighted by Gasteiger charge is -2.32. The Morgan fingerprint density at radius 2 is 1.93 bits per heavy atom. The first-order chi connectivity index (χ1) is 7.12. The number of rotatable bonds is 7. The second-order valence-electron chi connectivity index (χ2n) is 3.67. The summed E-state index contributed by atoms with van der Waals surface area (Å²) < 4.78 is 5.05. The molecule has 0 spiro atoms. The van der Waals surface area contributed by atoms with Crippen LogP contribution in [0, 0.1) is 0 Å². The van der Waals surface area contributed by atoms with Crippen molar-refractivity contribution < 1.29 is 9.53 Å². The molecule has 0 aliphatic rings. The Hall–Kier alpha value is -0.610. The molecule has 90 valence electrons. The Morgan fingerprint density at radius 3 is 2.27 bits per heavy atom. The zero-order chi connectivity index (χ0) is 11.8. The van der Waals surface area contributed by atoms with E-state index in [1.54, 1.807) is 14.0 Å². The first kappa shape index (κ1) is 14.4. The van der Waals surface area contributed by atoms with Gasteiger partial charge in [0.2, 0.25) is 0 Å². The van der Waals surface area contributed by atoms with Crippen molar-refractivity contribution in [2.24, 2.45) is 5.73 Å². The molecular formula is C11H24N2O2. The molecular weight excluding hydrogens is 192 g/mol. The third-order valence-corrected chi connectivity index (χ3v) is 2.74. The SMILES string of the molecule is CCC(CC)N(CCN)C(=O)C(C)OC. The van der Waals surface area contributed by atoms with Gasteiger partial charge in [-0.05, 0) is 19.8 Å². The smallest absolute Gasteiger partial charge is 0.251 e. The molecule has 15 heavy (non-hydrogen) atoms. The van der Waals surface area contributed by atoms with Crippen LogP contribution >= 0.6 is 0 Å². The van der Waals surface area contributed by atoms with E-state index in [1.165, 1.54) is 0 Å². The van der Waals surface area contributed by atoms with Crippen molar-refractivity contribution in [3.05, 3.63) is 0 Å². The average molecular weight is 216 g/mol. The topological polar surface area (TPSA) is 55.6 Å². The van der Waals surface area contributed by atoms with Crippen LogP contribution in [0.3, 0.4) is 0 Å². The summed E-state index contributed by atoms with van der Waals surface area (Å²) in [5.74, 6) is 0.0386. The number of amides is 1. The minimum Gasteiger partial charge on any atom is -0.372 e. The molecule has 0 bridgehead atoms. The van der Waals surface area contributed by atoms with E-state index in [0.29, 0.717) is 13.1 Å². The van der Waals surface area contributed by atoms with Crippen molar-refractivity contribution in [2.75, 3.05) is 20.2 Å². The van der Waals surface area contributed by atoms with Gasteiger partial charge in [-0.15, -0.1) is 0 Å². The molecule has 0 saturated carbocycles. The third kappa shape index (κ3) is 4.18. The lowest BCUT2D eigenvalue weighted by atomic mass is 10.1. The van der Waals surface area contributed by atoms with Crippen molar-refractivity contribution in [2.45, 2.75) is 45.8 Å². The fourth-order valence-corrected chi connectivity index (χ4v) is 1.68. The van der Waals surface area contributed by atoms with Crippen molar-refractivity contribution in [1.82, 2.24) is 4.90 Å². The van der Waals surface area contributed by atoms with Crippen LogP contribution < -0.4 is 5.73 Å². The van der Waals surface area contributed by atoms with Gasteiger partial charge in [0.15, 0.2) is 0 Å². The van der Waals surface area contributed by atoms with Crippen molar-refractivity contribution >= 4 is 5.91 Å². The molecule has 0 aromatic heterocycles. The molecule has 1 unspecified atom stereocenters. The number of nitrogens with zero attached hydrogens (tertiary/aromatic N) is 1. The van der Waals surface area contributed by atoms with Crippen LogP contribution in [-0.2, 0) is 9.53 Å². The van der Waals surface area contributed by atoms with Crippen molar-refractivity contribution in [3.8, 4) is 0 Å². The average Bonchev–Trinajstić information content (AvgIpc) is 2.27. The number of hydrogen-bond acceptors (Lipinski definition) is 3. The maximum absolute atomic E-state index is 12.0. The van der Waals surface area contributed by atoms with Gasteiger partial charge in [-0.2, -0.15) is 0 Å². The summed E-state index contributed by atoms with van der Waals surface area (Å²) in [6.45, 7) is 7.05. The summed E-state index contributed by atoms with van der Waals surface area (Å²) in [5, 5.41) is 0. The minimum absolute atomic E-state index is 0.0386. The van der Waals surface area contributed by atoms with E-state index < -0.39 is 0 Å². The summed E-state index contributed by atoms with van der Waals surface area (Å²) in [5.41, 5.74) is 5.52. The van der Waals surface area contributed by atoms with Gasteiger partial charge in [0.25, 0.3) is 5.91 Å². The van der Waals surface area contributed by atoms with E-state index in [4.69, 9.17) is 10.5 Å². The Labute approximate surface area is 92.8 Å². The molecule has 0 radical (unpaired) electrons. The highest BCUT2D eigenvalue weighted by Crippen LogP contribution is 2.10. The molecule has 0 rings (SSSR count). The molecule has 0 aliphatic heterocycles. The fourth-order valence-electron chi connectivity index (χ4n) is 1.68. The van der Waals surface area contributed by atoms with Crippen molar-refractivity contribution in [3.63, 3.8) is 0 Å². The van der Waals surface area contributed by atoms with Crippen LogP contribution in [-0.4, -0.2) is 43.2 Å². The van der Waals surface area contributed by atoms with E-state index in [9.17, 15) is 4.79 Å². The predicted molar refractivity (Wildman–Crippen MR) is 61.6 cm³/mol. The van der Waals surface area contributed by atoms with Gasteiger partial charge in [-0.3, -0.25) is 4.79 Å². The van der Waals surface area contributed by atoms with Crippen molar-refractivity contribution in [1.29, 1.82) is 0 Å². The lowest BCUT2D eigenvalue weighted by Crippen LogP contribution is -2.47. The first-order valence-corrected chi connectivity index (χ1v) is 5.65. The maximum atomic E-state index is 12.0. The maximum Gasteiger partial charge on any atom is 0.251 e. The molecule has 0 fully saturated rings. The Balaban J connectivity index is 4.55. The van der Waals surface area contributed by atoms with Gasteiger partial charge < -0.3 is 15.4 Å². The summed E-state index contributed by atoms with van der Waals surface area (Å²) in [7, 11) is 1.55. The molecule has 2 N–H and O–H groups in total. The normalized spacial score (nSPS) is 12.9. The molecule has 1 amide bonds. The number of carbonyl (C=O) groups excluding carboxylic acids is 1. The largest absolute Gasteiger partial charge is 0.372 e. The van der Waals surface area contributed by atoms with Gasteiger partial charge in [-0.25, -0.2) is 0 Å². The summed E-state index contributed by atoms with van der Waals surface area (Å²) in [6.07, 6.45) is 1.54. The fraction of sp³-hybridized carbons (Fsp3) is 0.909. The lowest BCUT2D eigenvalue weighted by molar-refractivity contribution is -0.143.